The van der Waals surface area contributed by atoms with Crippen molar-refractivity contribution in [2.75, 3.05) is 13.2 Å². The molecule has 296 valence electrons. The number of halogens is 4. The van der Waals surface area contributed by atoms with E-state index in [4.69, 9.17) is 9.47 Å². The number of hydrogen-bond acceptors (Lipinski definition) is 7. The summed E-state index contributed by atoms with van der Waals surface area (Å²) in [5.41, 5.74) is 1.94. The summed E-state index contributed by atoms with van der Waals surface area (Å²) in [6.45, 7) is 11.4. The number of aliphatic hydroxyl groups is 1. The molecule has 9 atom stereocenters. The van der Waals surface area contributed by atoms with Gasteiger partial charge < -0.3 is 24.6 Å². The lowest BCUT2D eigenvalue weighted by molar-refractivity contribution is -0.149. The highest BCUT2D eigenvalue weighted by Crippen LogP contribution is 2.67. The summed E-state index contributed by atoms with van der Waals surface area (Å²) in [5, 5.41) is 12.7. The zero-order valence-corrected chi connectivity index (χ0v) is 31.8. The van der Waals surface area contributed by atoms with E-state index in [-0.39, 0.29) is 24.1 Å². The number of alkyl carbamates (subject to hydrolysis) is 1. The van der Waals surface area contributed by atoms with Crippen LogP contribution in [0.3, 0.4) is 0 Å². The molecule has 4 aliphatic carbocycles. The maximum absolute atomic E-state index is 13.7. The van der Waals surface area contributed by atoms with Crippen LogP contribution < -0.4 is 10.1 Å². The standard InChI is InChI=1S/C41H57F4NO7/c1-23(2)7-6-8-24(3)29-11-12-30-28-10-9-25-19-27(15-17-40(25,4)31(28)16-18-41(29,30)5)52-39(50)46-21-26(47)22-51-34(48)13-14-35(49)53-38-36(44)32(42)20-33(43)37(38)45/h9,20,23-24,26-31,47H,6-8,10-19,21-22H2,1-5H3,(H,46,50)/t24-,26?,27+,28+,29-,30+,31+,40+,41-/m1/s1. The van der Waals surface area contributed by atoms with Crippen molar-refractivity contribution in [1.29, 1.82) is 0 Å². The Hall–Kier alpha value is -3.15. The number of amides is 1. The summed E-state index contributed by atoms with van der Waals surface area (Å²) in [5.74, 6) is -6.63. The predicted molar refractivity (Wildman–Crippen MR) is 189 cm³/mol. The van der Waals surface area contributed by atoms with Gasteiger partial charge in [-0.1, -0.05) is 65.5 Å². The number of hydrogen-bond donors (Lipinski definition) is 2. The fourth-order valence-corrected chi connectivity index (χ4v) is 10.5. The first-order valence-corrected chi connectivity index (χ1v) is 19.5. The van der Waals surface area contributed by atoms with Crippen LogP contribution >= 0.6 is 0 Å². The molecule has 8 nitrogen and oxygen atoms in total. The van der Waals surface area contributed by atoms with Crippen molar-refractivity contribution in [3.8, 4) is 5.75 Å². The highest BCUT2D eigenvalue weighted by Gasteiger charge is 2.59. The van der Waals surface area contributed by atoms with Crippen LogP contribution in [0.5, 0.6) is 5.75 Å². The maximum atomic E-state index is 13.7. The number of aliphatic hydroxyl groups excluding tert-OH is 1. The molecular weight excluding hydrogens is 694 g/mol. The lowest BCUT2D eigenvalue weighted by atomic mass is 9.47. The van der Waals surface area contributed by atoms with Gasteiger partial charge in [0.05, 0.1) is 19.4 Å². The Balaban J connectivity index is 1.03. The number of benzene rings is 1. The van der Waals surface area contributed by atoms with Gasteiger partial charge in [-0.05, 0) is 91.3 Å². The number of nitrogens with one attached hydrogen (secondary N) is 1. The number of fused-ring (bicyclic) bond motifs is 5. The second kappa shape index (κ2) is 17.1. The zero-order chi connectivity index (χ0) is 38.7. The van der Waals surface area contributed by atoms with Gasteiger partial charge >= 0.3 is 18.0 Å². The van der Waals surface area contributed by atoms with Crippen molar-refractivity contribution < 1.29 is 51.3 Å². The monoisotopic (exact) mass is 751 g/mol. The molecule has 0 aliphatic heterocycles. The van der Waals surface area contributed by atoms with Crippen molar-refractivity contribution in [1.82, 2.24) is 5.32 Å². The van der Waals surface area contributed by atoms with Crippen molar-refractivity contribution in [3.63, 3.8) is 0 Å². The smallest absolute Gasteiger partial charge is 0.407 e. The quantitative estimate of drug-likeness (QED) is 0.0642. The summed E-state index contributed by atoms with van der Waals surface area (Å²) in [4.78, 5) is 36.6. The van der Waals surface area contributed by atoms with E-state index in [9.17, 15) is 37.1 Å². The minimum atomic E-state index is -1.89. The molecule has 1 amide bonds. The molecule has 2 N–H and O–H groups in total. The van der Waals surface area contributed by atoms with Gasteiger partial charge in [0.1, 0.15) is 18.8 Å². The fourth-order valence-electron chi connectivity index (χ4n) is 10.5. The number of esters is 2. The maximum Gasteiger partial charge on any atom is 0.407 e. The van der Waals surface area contributed by atoms with Crippen LogP contribution in [-0.2, 0) is 19.1 Å². The van der Waals surface area contributed by atoms with Gasteiger partial charge in [0, 0.05) is 12.5 Å². The molecule has 0 aromatic heterocycles. The third kappa shape index (κ3) is 9.22. The normalized spacial score (nSPS) is 30.3. The third-order valence-electron chi connectivity index (χ3n) is 13.3. The second-order valence-corrected chi connectivity index (χ2v) is 17.0. The topological polar surface area (TPSA) is 111 Å². The van der Waals surface area contributed by atoms with Crippen molar-refractivity contribution in [3.05, 3.63) is 41.0 Å². The van der Waals surface area contributed by atoms with E-state index in [1.165, 1.54) is 50.5 Å². The van der Waals surface area contributed by atoms with E-state index >= 15 is 0 Å². The van der Waals surface area contributed by atoms with E-state index in [0.29, 0.717) is 23.7 Å². The van der Waals surface area contributed by atoms with Crippen molar-refractivity contribution in [2.45, 2.75) is 130 Å². The first-order chi connectivity index (χ1) is 25.0. The molecule has 3 saturated carbocycles. The van der Waals surface area contributed by atoms with Crippen LogP contribution in [0.1, 0.15) is 118 Å². The summed E-state index contributed by atoms with van der Waals surface area (Å²) in [6.07, 6.45) is 11.7. The van der Waals surface area contributed by atoms with E-state index in [1.54, 1.807) is 0 Å². The van der Waals surface area contributed by atoms with E-state index in [1.807, 2.05) is 0 Å². The van der Waals surface area contributed by atoms with E-state index in [2.05, 4.69) is 50.7 Å². The molecule has 0 radical (unpaired) electrons. The highest BCUT2D eigenvalue weighted by atomic mass is 19.2. The van der Waals surface area contributed by atoms with Gasteiger partial charge in [0.2, 0.25) is 17.4 Å². The largest absolute Gasteiger partial charge is 0.463 e. The average molecular weight is 752 g/mol. The van der Waals surface area contributed by atoms with Gasteiger partial charge in [-0.25, -0.2) is 13.6 Å². The van der Waals surface area contributed by atoms with Crippen LogP contribution in [0.4, 0.5) is 22.4 Å². The molecule has 0 heterocycles. The van der Waals surface area contributed by atoms with Gasteiger partial charge in [0.15, 0.2) is 11.6 Å². The SMILES string of the molecule is CC(C)CCC[C@@H](C)[C@H]1CC[C@H]2[C@@H]3CC=C4C[C@@H](OC(=O)NCC(O)COC(=O)CCC(=O)Oc5c(F)c(F)cc(F)c5F)CC[C@]4(C)[C@H]3CC[C@]12C. The third-order valence-corrected chi connectivity index (χ3v) is 13.3. The number of allylic oxidation sites excluding steroid dienone is 1. The lowest BCUT2D eigenvalue weighted by Gasteiger charge is -2.58. The molecule has 1 unspecified atom stereocenters. The van der Waals surface area contributed by atoms with E-state index in [0.717, 1.165) is 42.9 Å². The summed E-state index contributed by atoms with van der Waals surface area (Å²) >= 11 is 0. The van der Waals surface area contributed by atoms with Crippen molar-refractivity contribution in [2.24, 2.45) is 46.3 Å². The van der Waals surface area contributed by atoms with E-state index < -0.39 is 72.6 Å². The Morgan fingerprint density at radius 2 is 1.62 bits per heavy atom. The number of rotatable bonds is 14. The Morgan fingerprint density at radius 1 is 0.925 bits per heavy atom. The second-order valence-electron chi connectivity index (χ2n) is 17.0. The summed E-state index contributed by atoms with van der Waals surface area (Å²) in [7, 11) is 0. The molecule has 5 rings (SSSR count). The number of carbonyl (C=O) groups is 3. The summed E-state index contributed by atoms with van der Waals surface area (Å²) < 4.78 is 69.0. The molecule has 1 aromatic rings. The molecule has 1 aromatic carbocycles. The Labute approximate surface area is 310 Å². The van der Waals surface area contributed by atoms with Gasteiger partial charge in [-0.2, -0.15) is 8.78 Å². The Morgan fingerprint density at radius 3 is 2.32 bits per heavy atom. The molecule has 3 fully saturated rings. The number of carbonyl (C=O) groups excluding carboxylic acids is 3. The van der Waals surface area contributed by atoms with Gasteiger partial charge in [0.25, 0.3) is 0 Å². The molecule has 53 heavy (non-hydrogen) atoms. The first-order valence-electron chi connectivity index (χ1n) is 19.5. The van der Waals surface area contributed by atoms with Crippen LogP contribution in [0, 0.1) is 69.6 Å². The zero-order valence-electron chi connectivity index (χ0n) is 31.8. The van der Waals surface area contributed by atoms with Crippen LogP contribution in [-0.4, -0.2) is 48.5 Å². The predicted octanol–water partition coefficient (Wildman–Crippen LogP) is 8.97. The minimum Gasteiger partial charge on any atom is -0.463 e. The molecule has 4 aliphatic rings. The average Bonchev–Trinajstić information content (AvgIpc) is 3.47. The van der Waals surface area contributed by atoms with Gasteiger partial charge in [-0.15, -0.1) is 0 Å². The Bertz CT molecular complexity index is 1510. The fraction of sp³-hybridized carbons (Fsp3) is 0.732. The molecule has 0 bridgehead atoms. The highest BCUT2D eigenvalue weighted by molar-refractivity contribution is 5.79. The van der Waals surface area contributed by atoms with Crippen LogP contribution in [0.15, 0.2) is 17.7 Å². The van der Waals surface area contributed by atoms with Crippen LogP contribution in [0.25, 0.3) is 0 Å². The van der Waals surface area contributed by atoms with Gasteiger partial charge in [-0.3, -0.25) is 9.59 Å². The number of ether oxygens (including phenoxy) is 3. The van der Waals surface area contributed by atoms with Crippen LogP contribution in [0.2, 0.25) is 0 Å². The molecule has 0 spiro atoms. The molecular formula is C41H57F4NO7. The van der Waals surface area contributed by atoms with Crippen molar-refractivity contribution >= 4 is 18.0 Å². The minimum absolute atomic E-state index is 0.0313. The lowest BCUT2D eigenvalue weighted by Crippen LogP contribution is -2.51. The first kappa shape index (κ1) is 41.0. The Kier molecular flexibility index (Phi) is 13.2. The molecule has 0 saturated heterocycles. The molecule has 12 heteroatoms. The summed E-state index contributed by atoms with van der Waals surface area (Å²) in [6, 6.07) is -0.0313.